The molecule has 4 bridgehead atoms. The van der Waals surface area contributed by atoms with Crippen LogP contribution >= 0.6 is 0 Å². The van der Waals surface area contributed by atoms with Gasteiger partial charge in [0, 0.05) is 29.8 Å². The second kappa shape index (κ2) is 12.2. The van der Waals surface area contributed by atoms with E-state index in [-0.39, 0.29) is 50.1 Å². The van der Waals surface area contributed by atoms with E-state index in [1.807, 2.05) is 13.0 Å². The Morgan fingerprint density at radius 1 is 0.971 bits per heavy atom. The van der Waals surface area contributed by atoms with Crippen LogP contribution in [-0.4, -0.2) is 86.5 Å². The van der Waals surface area contributed by atoms with Crippen LogP contribution in [0.3, 0.4) is 0 Å². The van der Waals surface area contributed by atoms with E-state index < -0.39 is 5.41 Å². The number of aliphatic hydroxyl groups is 4. The quantitative estimate of drug-likeness (QED) is 0.189. The number of fused-ring (bicyclic) bond motifs is 4. The van der Waals surface area contributed by atoms with Crippen molar-refractivity contribution in [2.75, 3.05) is 66.1 Å². The highest BCUT2D eigenvalue weighted by Gasteiger charge is 2.53. The third-order valence-electron chi connectivity index (χ3n) is 8.47. The van der Waals surface area contributed by atoms with Gasteiger partial charge in [0.05, 0.1) is 64.4 Å². The monoisotopic (exact) mass is 494 g/mol. The standard InChI is InChI=1S/C27H42O8/c1-18(2-4-32-5-3-28)14-33-6-7-34-25-11-20-10-21(25)23(22(20)13-29)15-35-26-9-19-8-24(26)27(12-19,16-30)17-31/h2,9,11,19-24,28-31H,3-8,10,12-17H2,1H3/b18-2+. The van der Waals surface area contributed by atoms with Crippen molar-refractivity contribution >= 4 is 0 Å². The van der Waals surface area contributed by atoms with Crippen LogP contribution in [0.4, 0.5) is 0 Å². The molecule has 198 valence electrons. The minimum absolute atomic E-state index is 0.0195. The third kappa shape index (κ3) is 5.78. The van der Waals surface area contributed by atoms with Crippen molar-refractivity contribution in [2.45, 2.75) is 26.2 Å². The highest BCUT2D eigenvalue weighted by Crippen LogP contribution is 2.56. The first-order valence-corrected chi connectivity index (χ1v) is 13.0. The molecule has 0 aromatic carbocycles. The lowest BCUT2D eigenvalue weighted by atomic mass is 9.76. The molecule has 2 fully saturated rings. The van der Waals surface area contributed by atoms with Gasteiger partial charge in [0.2, 0.25) is 0 Å². The van der Waals surface area contributed by atoms with Crippen LogP contribution in [0, 0.1) is 40.9 Å². The van der Waals surface area contributed by atoms with E-state index in [4.69, 9.17) is 24.1 Å². The van der Waals surface area contributed by atoms with Crippen molar-refractivity contribution in [3.8, 4) is 0 Å². The molecule has 0 amide bonds. The van der Waals surface area contributed by atoms with E-state index in [2.05, 4.69) is 12.2 Å². The minimum Gasteiger partial charge on any atom is -0.498 e. The van der Waals surface area contributed by atoms with Gasteiger partial charge >= 0.3 is 0 Å². The summed E-state index contributed by atoms with van der Waals surface area (Å²) in [4.78, 5) is 0. The fourth-order valence-corrected chi connectivity index (χ4v) is 6.57. The Morgan fingerprint density at radius 2 is 1.80 bits per heavy atom. The second-order valence-corrected chi connectivity index (χ2v) is 10.6. The molecule has 4 aliphatic carbocycles. The van der Waals surface area contributed by atoms with Crippen LogP contribution < -0.4 is 0 Å². The van der Waals surface area contributed by atoms with Gasteiger partial charge in [-0.1, -0.05) is 6.08 Å². The summed E-state index contributed by atoms with van der Waals surface area (Å²) in [6.07, 6.45) is 9.04. The summed E-state index contributed by atoms with van der Waals surface area (Å²) >= 11 is 0. The van der Waals surface area contributed by atoms with Crippen molar-refractivity contribution in [1.82, 2.24) is 0 Å². The van der Waals surface area contributed by atoms with E-state index >= 15 is 0 Å². The van der Waals surface area contributed by atoms with Gasteiger partial charge in [-0.2, -0.15) is 0 Å². The second-order valence-electron chi connectivity index (χ2n) is 10.6. The SMILES string of the molecule is C/C(=C\COCCO)COCCOC1=CC2CC1C(COC1=CC3CC1C(CO)(CO)C3)C2CO. The van der Waals surface area contributed by atoms with Crippen molar-refractivity contribution in [1.29, 1.82) is 0 Å². The summed E-state index contributed by atoms with van der Waals surface area (Å²) in [5.74, 6) is 3.25. The highest BCUT2D eigenvalue weighted by atomic mass is 16.5. The van der Waals surface area contributed by atoms with Gasteiger partial charge in [-0.05, 0) is 61.7 Å². The molecule has 4 rings (SSSR count). The Kier molecular flexibility index (Phi) is 9.29. The summed E-state index contributed by atoms with van der Waals surface area (Å²) in [6.45, 7) is 4.92. The van der Waals surface area contributed by atoms with Crippen molar-refractivity contribution in [3.05, 3.63) is 35.3 Å². The Bertz CT molecular complexity index is 786. The van der Waals surface area contributed by atoms with Gasteiger partial charge in [-0.3, -0.25) is 0 Å². The molecule has 4 N–H and O–H groups in total. The zero-order valence-electron chi connectivity index (χ0n) is 20.8. The Balaban J connectivity index is 1.22. The number of allylic oxidation sites excluding steroid dienone is 4. The van der Waals surface area contributed by atoms with Gasteiger partial charge in [0.25, 0.3) is 0 Å². The first-order valence-electron chi connectivity index (χ1n) is 13.0. The maximum absolute atomic E-state index is 10.0. The largest absolute Gasteiger partial charge is 0.498 e. The van der Waals surface area contributed by atoms with Gasteiger partial charge in [-0.15, -0.1) is 0 Å². The summed E-state index contributed by atoms with van der Waals surface area (Å²) in [5, 5.41) is 38.6. The molecule has 0 heterocycles. The smallest absolute Gasteiger partial charge is 0.111 e. The molecule has 4 aliphatic rings. The predicted octanol–water partition coefficient (Wildman–Crippen LogP) is 1.64. The number of rotatable bonds is 16. The molecular formula is C27H42O8. The first kappa shape index (κ1) is 26.6. The molecule has 0 aromatic rings. The van der Waals surface area contributed by atoms with E-state index in [0.29, 0.717) is 51.5 Å². The Labute approximate surface area is 208 Å². The van der Waals surface area contributed by atoms with Gasteiger partial charge in [-0.25, -0.2) is 0 Å². The van der Waals surface area contributed by atoms with Crippen LogP contribution in [0.2, 0.25) is 0 Å². The molecule has 8 nitrogen and oxygen atoms in total. The maximum atomic E-state index is 10.0. The highest BCUT2D eigenvalue weighted by molar-refractivity contribution is 5.22. The molecular weight excluding hydrogens is 452 g/mol. The fourth-order valence-electron chi connectivity index (χ4n) is 6.57. The van der Waals surface area contributed by atoms with Gasteiger partial charge < -0.3 is 39.4 Å². The summed E-state index contributed by atoms with van der Waals surface area (Å²) in [5.41, 5.74) is 0.611. The molecule has 0 spiro atoms. The van der Waals surface area contributed by atoms with Gasteiger partial charge in [0.15, 0.2) is 0 Å². The molecule has 6 atom stereocenters. The van der Waals surface area contributed by atoms with Crippen LogP contribution in [0.1, 0.15) is 26.2 Å². The zero-order chi connectivity index (χ0) is 24.8. The maximum Gasteiger partial charge on any atom is 0.111 e. The fraction of sp³-hybridized carbons (Fsp3) is 0.778. The van der Waals surface area contributed by atoms with E-state index in [9.17, 15) is 15.3 Å². The van der Waals surface area contributed by atoms with E-state index in [1.165, 1.54) is 0 Å². The van der Waals surface area contributed by atoms with Crippen LogP contribution in [0.25, 0.3) is 0 Å². The normalized spacial score (nSPS) is 32.8. The number of ether oxygens (including phenoxy) is 4. The van der Waals surface area contributed by atoms with Crippen LogP contribution in [0.15, 0.2) is 35.3 Å². The summed E-state index contributed by atoms with van der Waals surface area (Å²) in [7, 11) is 0. The zero-order valence-corrected chi connectivity index (χ0v) is 20.8. The third-order valence-corrected chi connectivity index (χ3v) is 8.47. The molecule has 2 saturated carbocycles. The lowest BCUT2D eigenvalue weighted by Crippen LogP contribution is -2.37. The van der Waals surface area contributed by atoms with E-state index in [0.717, 1.165) is 36.4 Å². The molecule has 0 aromatic heterocycles. The lowest BCUT2D eigenvalue weighted by molar-refractivity contribution is -0.00490. The van der Waals surface area contributed by atoms with Crippen molar-refractivity contribution in [2.24, 2.45) is 40.9 Å². The topological polar surface area (TPSA) is 118 Å². The van der Waals surface area contributed by atoms with Crippen LogP contribution in [0.5, 0.6) is 0 Å². The van der Waals surface area contributed by atoms with Crippen molar-refractivity contribution < 1.29 is 39.4 Å². The molecule has 6 unspecified atom stereocenters. The number of hydrogen-bond donors (Lipinski definition) is 4. The lowest BCUT2D eigenvalue weighted by Gasteiger charge is -2.36. The van der Waals surface area contributed by atoms with E-state index in [1.54, 1.807) is 0 Å². The number of hydrogen-bond acceptors (Lipinski definition) is 8. The number of aliphatic hydroxyl groups excluding tert-OH is 4. The Hall–Kier alpha value is -1.42. The van der Waals surface area contributed by atoms with Crippen molar-refractivity contribution in [3.63, 3.8) is 0 Å². The molecule has 35 heavy (non-hydrogen) atoms. The average Bonchev–Trinajstić information content (AvgIpc) is 3.63. The molecule has 0 aliphatic heterocycles. The average molecular weight is 495 g/mol. The first-order chi connectivity index (χ1) is 17.0. The van der Waals surface area contributed by atoms with Gasteiger partial charge in [0.1, 0.15) is 6.61 Å². The Morgan fingerprint density at radius 3 is 2.51 bits per heavy atom. The predicted molar refractivity (Wildman–Crippen MR) is 129 cm³/mol. The molecule has 0 saturated heterocycles. The molecule has 0 radical (unpaired) electrons. The summed E-state index contributed by atoms with van der Waals surface area (Å²) in [6, 6.07) is 0. The summed E-state index contributed by atoms with van der Waals surface area (Å²) < 4.78 is 23.3. The molecule has 8 heteroatoms. The van der Waals surface area contributed by atoms with Crippen LogP contribution in [-0.2, 0) is 18.9 Å². The minimum atomic E-state index is -0.464.